The van der Waals surface area contributed by atoms with Gasteiger partial charge in [-0.3, -0.25) is 19.1 Å². The van der Waals surface area contributed by atoms with Crippen molar-refractivity contribution in [3.05, 3.63) is 39.8 Å². The maximum absolute atomic E-state index is 12.6. The van der Waals surface area contributed by atoms with Gasteiger partial charge in [0, 0.05) is 31.7 Å². The van der Waals surface area contributed by atoms with E-state index in [0.29, 0.717) is 37.2 Å². The molecule has 0 radical (unpaired) electrons. The highest BCUT2D eigenvalue weighted by Crippen LogP contribution is 2.17. The number of nitrogens with zero attached hydrogens (tertiary/aromatic N) is 5. The first kappa shape index (κ1) is 18.1. The van der Waals surface area contributed by atoms with E-state index in [2.05, 4.69) is 28.9 Å². The molecule has 26 heavy (non-hydrogen) atoms. The average Bonchev–Trinajstić information content (AvgIpc) is 3.09. The molecule has 9 heteroatoms. The zero-order valence-electron chi connectivity index (χ0n) is 15.4. The molecular formula is C17H23N5O4. The fourth-order valence-electron chi connectivity index (χ4n) is 2.74. The van der Waals surface area contributed by atoms with Crippen molar-refractivity contribution >= 4 is 5.91 Å². The highest BCUT2D eigenvalue weighted by atomic mass is 16.5. The van der Waals surface area contributed by atoms with Crippen LogP contribution >= 0.6 is 0 Å². The molecule has 3 heterocycles. The Bertz CT molecular complexity index is 857. The summed E-state index contributed by atoms with van der Waals surface area (Å²) in [6.45, 7) is 5.79. The summed E-state index contributed by atoms with van der Waals surface area (Å²) in [7, 11) is 3.44. The topological polar surface area (TPSA) is 93.7 Å². The van der Waals surface area contributed by atoms with Crippen LogP contribution in [-0.4, -0.2) is 57.2 Å². The number of aromatic nitrogens is 3. The van der Waals surface area contributed by atoms with Crippen molar-refractivity contribution in [2.75, 3.05) is 20.7 Å². The van der Waals surface area contributed by atoms with Gasteiger partial charge in [-0.1, -0.05) is 0 Å². The molecule has 0 saturated heterocycles. The van der Waals surface area contributed by atoms with Crippen LogP contribution in [0.25, 0.3) is 0 Å². The van der Waals surface area contributed by atoms with Crippen molar-refractivity contribution in [1.29, 1.82) is 0 Å². The zero-order chi connectivity index (χ0) is 18.8. The van der Waals surface area contributed by atoms with Crippen LogP contribution in [0.15, 0.2) is 21.5 Å². The van der Waals surface area contributed by atoms with E-state index in [4.69, 9.17) is 9.26 Å². The van der Waals surface area contributed by atoms with Crippen molar-refractivity contribution in [3.8, 4) is 5.88 Å². The van der Waals surface area contributed by atoms with E-state index in [1.165, 1.54) is 13.2 Å². The molecule has 1 amide bonds. The molecule has 2 aromatic rings. The minimum Gasteiger partial charge on any atom is -0.479 e. The quantitative estimate of drug-likeness (QED) is 0.775. The van der Waals surface area contributed by atoms with Crippen LogP contribution < -0.4 is 10.3 Å². The first-order chi connectivity index (χ1) is 12.4. The van der Waals surface area contributed by atoms with Crippen LogP contribution in [0.4, 0.5) is 0 Å². The molecule has 1 aliphatic heterocycles. The van der Waals surface area contributed by atoms with Gasteiger partial charge in [-0.15, -0.1) is 0 Å². The van der Waals surface area contributed by atoms with Gasteiger partial charge in [0.2, 0.25) is 5.76 Å². The number of carbonyl (C=O) groups is 1. The summed E-state index contributed by atoms with van der Waals surface area (Å²) in [5, 5.41) is 3.65. The van der Waals surface area contributed by atoms with Crippen LogP contribution in [-0.2, 0) is 19.6 Å². The minimum atomic E-state index is -0.300. The van der Waals surface area contributed by atoms with Gasteiger partial charge in [0.05, 0.1) is 25.4 Å². The van der Waals surface area contributed by atoms with Gasteiger partial charge in [0.25, 0.3) is 17.3 Å². The van der Waals surface area contributed by atoms with Gasteiger partial charge in [0.15, 0.2) is 0 Å². The summed E-state index contributed by atoms with van der Waals surface area (Å²) in [4.78, 5) is 33.3. The summed E-state index contributed by atoms with van der Waals surface area (Å²) < 4.78 is 11.6. The Labute approximate surface area is 151 Å². The third-order valence-corrected chi connectivity index (χ3v) is 4.55. The second-order valence-corrected chi connectivity index (χ2v) is 6.62. The Kier molecular flexibility index (Phi) is 5.08. The third-order valence-electron chi connectivity index (χ3n) is 4.55. The van der Waals surface area contributed by atoms with Gasteiger partial charge >= 0.3 is 0 Å². The summed E-state index contributed by atoms with van der Waals surface area (Å²) in [6, 6.07) is 3.36. The number of ether oxygens (including phenoxy) is 1. The Morgan fingerprint density at radius 3 is 2.81 bits per heavy atom. The summed E-state index contributed by atoms with van der Waals surface area (Å²) >= 11 is 0. The number of hydrogen-bond acceptors (Lipinski definition) is 7. The number of fused-ring (bicyclic) bond motifs is 1. The molecule has 0 bridgehead atoms. The van der Waals surface area contributed by atoms with Crippen LogP contribution in [0.5, 0.6) is 5.88 Å². The number of amides is 1. The standard InChI is InChI=1S/C17H23N5O4/c1-11(2)20(3)9-12-7-16(23)22-6-5-21(10-14(22)18-12)17(24)13-8-15(25-4)19-26-13/h7-8,11H,5-6,9-10H2,1-4H3. The number of carbonyl (C=O) groups excluding carboxylic acids is 1. The minimum absolute atomic E-state index is 0.0874. The first-order valence-electron chi connectivity index (χ1n) is 8.49. The van der Waals surface area contributed by atoms with E-state index < -0.39 is 0 Å². The Morgan fingerprint density at radius 2 is 2.15 bits per heavy atom. The molecule has 0 spiro atoms. The van der Waals surface area contributed by atoms with Gasteiger partial charge in [-0.25, -0.2) is 4.98 Å². The molecule has 0 N–H and O–H groups in total. The molecule has 0 aromatic carbocycles. The second kappa shape index (κ2) is 7.28. The van der Waals surface area contributed by atoms with E-state index in [1.54, 1.807) is 15.5 Å². The van der Waals surface area contributed by atoms with Crippen molar-refractivity contribution in [3.63, 3.8) is 0 Å². The lowest BCUT2D eigenvalue weighted by Crippen LogP contribution is -2.43. The highest BCUT2D eigenvalue weighted by molar-refractivity contribution is 5.91. The SMILES string of the molecule is COc1cc(C(=O)N2CCn3c(nc(CN(C)C(C)C)cc3=O)C2)on1. The molecule has 0 unspecified atom stereocenters. The highest BCUT2D eigenvalue weighted by Gasteiger charge is 2.26. The maximum atomic E-state index is 12.6. The molecular weight excluding hydrogens is 338 g/mol. The van der Waals surface area contributed by atoms with E-state index in [-0.39, 0.29) is 29.7 Å². The lowest BCUT2D eigenvalue weighted by molar-refractivity contribution is 0.0660. The molecule has 140 valence electrons. The smallest absolute Gasteiger partial charge is 0.293 e. The fourth-order valence-corrected chi connectivity index (χ4v) is 2.74. The monoisotopic (exact) mass is 361 g/mol. The van der Waals surface area contributed by atoms with Crippen LogP contribution in [0.1, 0.15) is 35.9 Å². The van der Waals surface area contributed by atoms with Gasteiger partial charge in [0.1, 0.15) is 5.82 Å². The number of hydrogen-bond donors (Lipinski definition) is 0. The Balaban J connectivity index is 1.81. The summed E-state index contributed by atoms with van der Waals surface area (Å²) in [6.07, 6.45) is 0. The molecule has 2 aromatic heterocycles. The number of methoxy groups -OCH3 is 1. The molecule has 0 saturated carbocycles. The average molecular weight is 361 g/mol. The molecule has 1 aliphatic rings. The normalized spacial score (nSPS) is 14.0. The van der Waals surface area contributed by atoms with Gasteiger partial charge in [-0.2, -0.15) is 0 Å². The van der Waals surface area contributed by atoms with E-state index in [0.717, 1.165) is 0 Å². The van der Waals surface area contributed by atoms with Crippen LogP contribution in [0, 0.1) is 0 Å². The molecule has 3 rings (SSSR count). The fraction of sp³-hybridized carbons (Fsp3) is 0.529. The zero-order valence-corrected chi connectivity index (χ0v) is 15.4. The predicted octanol–water partition coefficient (Wildman–Crippen LogP) is 0.736. The van der Waals surface area contributed by atoms with Crippen LogP contribution in [0.3, 0.4) is 0 Å². The van der Waals surface area contributed by atoms with E-state index in [1.807, 2.05) is 7.05 Å². The predicted molar refractivity (Wildman–Crippen MR) is 92.9 cm³/mol. The Hall–Kier alpha value is -2.68. The molecule has 9 nitrogen and oxygen atoms in total. The molecule has 0 atom stereocenters. The van der Waals surface area contributed by atoms with Gasteiger partial charge < -0.3 is 14.2 Å². The summed E-state index contributed by atoms with van der Waals surface area (Å²) in [5.74, 6) is 0.634. The lowest BCUT2D eigenvalue weighted by Gasteiger charge is -2.29. The van der Waals surface area contributed by atoms with Crippen LogP contribution in [0.2, 0.25) is 0 Å². The van der Waals surface area contributed by atoms with Crippen molar-refractivity contribution in [1.82, 2.24) is 24.5 Å². The number of rotatable bonds is 5. The summed E-state index contributed by atoms with van der Waals surface area (Å²) in [5.41, 5.74) is 0.615. The maximum Gasteiger partial charge on any atom is 0.293 e. The third kappa shape index (κ3) is 3.62. The van der Waals surface area contributed by atoms with E-state index >= 15 is 0 Å². The first-order valence-corrected chi connectivity index (χ1v) is 8.49. The van der Waals surface area contributed by atoms with E-state index in [9.17, 15) is 9.59 Å². The van der Waals surface area contributed by atoms with Crippen molar-refractivity contribution < 1.29 is 14.1 Å². The lowest BCUT2D eigenvalue weighted by atomic mass is 10.2. The van der Waals surface area contributed by atoms with Gasteiger partial charge in [-0.05, 0) is 26.1 Å². The molecule has 0 aliphatic carbocycles. The molecule has 0 fully saturated rings. The second-order valence-electron chi connectivity index (χ2n) is 6.62. The Morgan fingerprint density at radius 1 is 1.38 bits per heavy atom. The van der Waals surface area contributed by atoms with Crippen molar-refractivity contribution in [2.24, 2.45) is 0 Å². The van der Waals surface area contributed by atoms with Crippen molar-refractivity contribution in [2.45, 2.75) is 39.5 Å². The largest absolute Gasteiger partial charge is 0.479 e.